The minimum absolute atomic E-state index is 0.00765. The number of nitrogens with zero attached hydrogens (tertiary/aromatic N) is 1. The van der Waals surface area contributed by atoms with Crippen molar-refractivity contribution in [3.63, 3.8) is 0 Å². The van der Waals surface area contributed by atoms with Gasteiger partial charge in [-0.2, -0.15) is 0 Å². The maximum absolute atomic E-state index is 11.9. The Balaban J connectivity index is 2.10. The van der Waals surface area contributed by atoms with Crippen LogP contribution in [0.5, 0.6) is 0 Å². The zero-order chi connectivity index (χ0) is 15.4. The van der Waals surface area contributed by atoms with E-state index in [2.05, 4.69) is 15.6 Å². The van der Waals surface area contributed by atoms with Crippen LogP contribution >= 0.6 is 11.6 Å². The third-order valence-electron chi connectivity index (χ3n) is 2.69. The summed E-state index contributed by atoms with van der Waals surface area (Å²) >= 11 is 5.87. The maximum atomic E-state index is 11.9. The quantitative estimate of drug-likeness (QED) is 0.810. The molecule has 0 radical (unpaired) electrons. The minimum atomic E-state index is -1.11. The summed E-state index contributed by atoms with van der Waals surface area (Å²) in [4.78, 5) is 26.5. The Labute approximate surface area is 125 Å². The molecule has 2 aromatic rings. The molecule has 1 heterocycles. The van der Waals surface area contributed by atoms with Crippen LogP contribution in [-0.4, -0.2) is 22.1 Å². The predicted molar refractivity (Wildman–Crippen MR) is 80.0 cm³/mol. The SMILES string of the molecule is Cc1ccc(Cl)cc1NC(=O)Nc1cncc(C(=O)O)c1. The summed E-state index contributed by atoms with van der Waals surface area (Å²) < 4.78 is 0. The molecule has 0 spiro atoms. The average molecular weight is 306 g/mol. The third kappa shape index (κ3) is 3.93. The summed E-state index contributed by atoms with van der Waals surface area (Å²) in [5.74, 6) is -1.11. The smallest absolute Gasteiger partial charge is 0.337 e. The molecule has 0 bridgehead atoms. The van der Waals surface area contributed by atoms with Gasteiger partial charge in [0.1, 0.15) is 0 Å². The van der Waals surface area contributed by atoms with Crippen molar-refractivity contribution < 1.29 is 14.7 Å². The first kappa shape index (κ1) is 14.8. The van der Waals surface area contributed by atoms with Gasteiger partial charge < -0.3 is 15.7 Å². The molecule has 0 aliphatic heterocycles. The molecule has 0 aliphatic rings. The number of nitrogens with one attached hydrogen (secondary N) is 2. The van der Waals surface area contributed by atoms with Crippen molar-refractivity contribution in [2.24, 2.45) is 0 Å². The highest BCUT2D eigenvalue weighted by Crippen LogP contribution is 2.20. The molecular formula is C14H12ClN3O3. The van der Waals surface area contributed by atoms with Crippen LogP contribution in [0, 0.1) is 6.92 Å². The van der Waals surface area contributed by atoms with E-state index in [1.807, 2.05) is 6.92 Å². The normalized spacial score (nSPS) is 10.0. The number of carboxylic acid groups (broad SMARTS) is 1. The van der Waals surface area contributed by atoms with Gasteiger partial charge >= 0.3 is 12.0 Å². The van der Waals surface area contributed by atoms with Crippen molar-refractivity contribution in [1.29, 1.82) is 0 Å². The van der Waals surface area contributed by atoms with E-state index in [0.29, 0.717) is 10.7 Å². The molecule has 7 heteroatoms. The zero-order valence-corrected chi connectivity index (χ0v) is 11.8. The van der Waals surface area contributed by atoms with Crippen LogP contribution in [0.25, 0.3) is 0 Å². The number of halogens is 1. The van der Waals surface area contributed by atoms with Gasteiger partial charge in [0, 0.05) is 16.9 Å². The molecule has 3 N–H and O–H groups in total. The fourth-order valence-electron chi connectivity index (χ4n) is 1.64. The monoisotopic (exact) mass is 305 g/mol. The standard InChI is InChI=1S/C14H12ClN3O3/c1-8-2-3-10(15)5-12(8)18-14(21)17-11-4-9(13(19)20)6-16-7-11/h2-7H,1H3,(H,19,20)(H2,17,18,21). The summed E-state index contributed by atoms with van der Waals surface area (Å²) in [6.45, 7) is 1.83. The van der Waals surface area contributed by atoms with E-state index in [1.54, 1.807) is 18.2 Å². The van der Waals surface area contributed by atoms with Crippen LogP contribution in [0.3, 0.4) is 0 Å². The number of aromatic nitrogens is 1. The Kier molecular flexibility index (Phi) is 4.39. The second-order valence-electron chi connectivity index (χ2n) is 4.31. The first-order valence-electron chi connectivity index (χ1n) is 5.98. The number of hydrogen-bond acceptors (Lipinski definition) is 3. The van der Waals surface area contributed by atoms with Gasteiger partial charge in [0.05, 0.1) is 17.4 Å². The lowest BCUT2D eigenvalue weighted by Gasteiger charge is -2.10. The van der Waals surface area contributed by atoms with Crippen molar-refractivity contribution in [2.75, 3.05) is 10.6 Å². The molecule has 0 fully saturated rings. The number of pyridine rings is 1. The Bertz CT molecular complexity index is 704. The molecule has 0 atom stereocenters. The molecule has 0 saturated carbocycles. The second-order valence-corrected chi connectivity index (χ2v) is 4.74. The Morgan fingerprint density at radius 3 is 2.67 bits per heavy atom. The van der Waals surface area contributed by atoms with E-state index >= 15 is 0 Å². The van der Waals surface area contributed by atoms with E-state index in [-0.39, 0.29) is 11.3 Å². The lowest BCUT2D eigenvalue weighted by Crippen LogP contribution is -2.20. The molecule has 0 unspecified atom stereocenters. The maximum Gasteiger partial charge on any atom is 0.337 e. The number of carbonyl (C=O) groups excluding carboxylic acids is 1. The second kappa shape index (κ2) is 6.23. The number of aryl methyl sites for hydroxylation is 1. The Hall–Kier alpha value is -2.60. The number of carbonyl (C=O) groups is 2. The van der Waals surface area contributed by atoms with E-state index in [0.717, 1.165) is 5.56 Å². The summed E-state index contributed by atoms with van der Waals surface area (Å²) in [6.07, 6.45) is 2.56. The number of urea groups is 1. The number of benzene rings is 1. The van der Waals surface area contributed by atoms with Gasteiger partial charge in [0.15, 0.2) is 0 Å². The third-order valence-corrected chi connectivity index (χ3v) is 2.93. The fourth-order valence-corrected chi connectivity index (χ4v) is 1.81. The van der Waals surface area contributed by atoms with Crippen molar-refractivity contribution in [3.8, 4) is 0 Å². The molecule has 108 valence electrons. The van der Waals surface area contributed by atoms with Gasteiger partial charge in [-0.05, 0) is 30.7 Å². The van der Waals surface area contributed by atoms with E-state index < -0.39 is 12.0 Å². The van der Waals surface area contributed by atoms with Gasteiger partial charge in [0.2, 0.25) is 0 Å². The highest BCUT2D eigenvalue weighted by Gasteiger charge is 2.08. The molecule has 1 aromatic carbocycles. The largest absolute Gasteiger partial charge is 0.478 e. The number of carboxylic acids is 1. The molecule has 0 aliphatic carbocycles. The molecule has 1 aromatic heterocycles. The highest BCUT2D eigenvalue weighted by atomic mass is 35.5. The highest BCUT2D eigenvalue weighted by molar-refractivity contribution is 6.31. The summed E-state index contributed by atoms with van der Waals surface area (Å²) in [6, 6.07) is 5.94. The van der Waals surface area contributed by atoms with Crippen LogP contribution in [0.2, 0.25) is 5.02 Å². The topological polar surface area (TPSA) is 91.3 Å². The minimum Gasteiger partial charge on any atom is -0.478 e. The lowest BCUT2D eigenvalue weighted by molar-refractivity contribution is 0.0696. The zero-order valence-electron chi connectivity index (χ0n) is 11.1. The van der Waals surface area contributed by atoms with Crippen molar-refractivity contribution in [1.82, 2.24) is 4.98 Å². The van der Waals surface area contributed by atoms with Crippen LogP contribution in [0.4, 0.5) is 16.2 Å². The first-order valence-corrected chi connectivity index (χ1v) is 6.36. The van der Waals surface area contributed by atoms with Gasteiger partial charge in [0.25, 0.3) is 0 Å². The van der Waals surface area contributed by atoms with Gasteiger partial charge in [-0.25, -0.2) is 9.59 Å². The Morgan fingerprint density at radius 1 is 1.19 bits per heavy atom. The van der Waals surface area contributed by atoms with Crippen LogP contribution in [0.1, 0.15) is 15.9 Å². The van der Waals surface area contributed by atoms with Gasteiger partial charge in [-0.3, -0.25) is 4.98 Å². The van der Waals surface area contributed by atoms with Crippen molar-refractivity contribution >= 4 is 35.0 Å². The summed E-state index contributed by atoms with van der Waals surface area (Å²) in [5, 5.41) is 14.5. The molecule has 2 amide bonds. The van der Waals surface area contributed by atoms with Crippen molar-refractivity contribution in [2.45, 2.75) is 6.92 Å². The average Bonchev–Trinajstić information content (AvgIpc) is 2.43. The van der Waals surface area contributed by atoms with E-state index in [4.69, 9.17) is 16.7 Å². The molecule has 2 rings (SSSR count). The lowest BCUT2D eigenvalue weighted by atomic mass is 10.2. The van der Waals surface area contributed by atoms with E-state index in [9.17, 15) is 9.59 Å². The van der Waals surface area contributed by atoms with Crippen LogP contribution in [-0.2, 0) is 0 Å². The van der Waals surface area contributed by atoms with E-state index in [1.165, 1.54) is 18.5 Å². The molecule has 6 nitrogen and oxygen atoms in total. The van der Waals surface area contributed by atoms with Crippen LogP contribution < -0.4 is 10.6 Å². The predicted octanol–water partition coefficient (Wildman–Crippen LogP) is 3.39. The van der Waals surface area contributed by atoms with Gasteiger partial charge in [-0.1, -0.05) is 17.7 Å². The molecule has 21 heavy (non-hydrogen) atoms. The molecular weight excluding hydrogens is 294 g/mol. The number of anilines is 2. The van der Waals surface area contributed by atoms with Crippen LogP contribution in [0.15, 0.2) is 36.7 Å². The Morgan fingerprint density at radius 2 is 1.95 bits per heavy atom. The number of aromatic carboxylic acids is 1. The van der Waals surface area contributed by atoms with Crippen molar-refractivity contribution in [3.05, 3.63) is 52.8 Å². The van der Waals surface area contributed by atoms with Gasteiger partial charge in [-0.15, -0.1) is 0 Å². The number of hydrogen-bond donors (Lipinski definition) is 3. The number of rotatable bonds is 3. The first-order chi connectivity index (χ1) is 9.95. The fraction of sp³-hybridized carbons (Fsp3) is 0.0714. The number of amides is 2. The molecule has 0 saturated heterocycles. The summed E-state index contributed by atoms with van der Waals surface area (Å²) in [5.41, 5.74) is 1.70. The summed E-state index contributed by atoms with van der Waals surface area (Å²) in [7, 11) is 0.